The van der Waals surface area contributed by atoms with Gasteiger partial charge in [0.25, 0.3) is 0 Å². The van der Waals surface area contributed by atoms with Gasteiger partial charge in [-0.2, -0.15) is 47.5 Å². The third kappa shape index (κ3) is 8.01. The van der Waals surface area contributed by atoms with Gasteiger partial charge < -0.3 is 24.8 Å². The van der Waals surface area contributed by atoms with Crippen molar-refractivity contribution in [3.05, 3.63) is 89.0 Å². The topological polar surface area (TPSA) is 0 Å². The van der Waals surface area contributed by atoms with Gasteiger partial charge in [-0.05, 0) is 6.42 Å². The van der Waals surface area contributed by atoms with Crippen LogP contribution in [-0.2, 0) is 32.6 Å². The molecule has 3 aromatic carbocycles. The summed E-state index contributed by atoms with van der Waals surface area (Å²) in [6, 6.07) is 24.5. The molecular formula is C22H25Cl2SiZr. The van der Waals surface area contributed by atoms with E-state index in [0.29, 0.717) is 0 Å². The molecule has 3 aromatic rings. The molecule has 0 spiro atoms. The normalized spacial score (nSPS) is 9.38. The Morgan fingerprint density at radius 3 is 2.12 bits per heavy atom. The van der Waals surface area contributed by atoms with E-state index in [1.807, 2.05) is 6.07 Å². The molecule has 0 nitrogen and oxygen atoms in total. The maximum atomic E-state index is 3.30. The van der Waals surface area contributed by atoms with Gasteiger partial charge in [0.1, 0.15) is 0 Å². The average molecular weight is 480 g/mol. The van der Waals surface area contributed by atoms with E-state index in [1.54, 1.807) is 0 Å². The molecule has 0 heterocycles. The predicted molar refractivity (Wildman–Crippen MR) is 104 cm³/mol. The zero-order chi connectivity index (χ0) is 16.7. The summed E-state index contributed by atoms with van der Waals surface area (Å²) in [5.74, 6) is 0. The summed E-state index contributed by atoms with van der Waals surface area (Å²) in [5.41, 5.74) is 8.23. The Kier molecular flexibility index (Phi) is 15.5. The van der Waals surface area contributed by atoms with E-state index >= 15 is 0 Å². The SMILES string of the molecule is C[SiH]C.Cc1c[cH-]c(C)c1.[Cl-].[Cl-].[Zr+4].[c-]1cccc2c1Cc1ccccc1-2. The number of hydrogen-bond acceptors (Lipinski definition) is 0. The van der Waals surface area contributed by atoms with Crippen LogP contribution in [0.2, 0.25) is 13.1 Å². The van der Waals surface area contributed by atoms with Gasteiger partial charge in [0.15, 0.2) is 0 Å². The molecule has 0 saturated carbocycles. The first-order chi connectivity index (χ1) is 11.2. The summed E-state index contributed by atoms with van der Waals surface area (Å²) in [6.07, 6.45) is 1.05. The molecule has 1 radical (unpaired) electrons. The first-order valence-corrected chi connectivity index (χ1v) is 10.5. The summed E-state index contributed by atoms with van der Waals surface area (Å²) >= 11 is 0. The molecule has 0 fully saturated rings. The van der Waals surface area contributed by atoms with E-state index in [-0.39, 0.29) is 51.0 Å². The molecule has 26 heavy (non-hydrogen) atoms. The summed E-state index contributed by atoms with van der Waals surface area (Å²) < 4.78 is 0. The largest absolute Gasteiger partial charge is 4.00 e. The molecular weight excluding hydrogens is 454 g/mol. The van der Waals surface area contributed by atoms with E-state index in [4.69, 9.17) is 0 Å². The predicted octanol–water partition coefficient (Wildman–Crippen LogP) is -0.395. The number of benzene rings is 2. The van der Waals surface area contributed by atoms with Crippen molar-refractivity contribution in [1.29, 1.82) is 0 Å². The van der Waals surface area contributed by atoms with Crippen LogP contribution < -0.4 is 24.8 Å². The number of aryl methyl sites for hydroxylation is 2. The Morgan fingerprint density at radius 1 is 0.962 bits per heavy atom. The Hall–Kier alpha value is -0.530. The summed E-state index contributed by atoms with van der Waals surface area (Å²) in [6.45, 7) is 8.62. The number of hydrogen-bond donors (Lipinski definition) is 0. The molecule has 0 N–H and O–H groups in total. The molecule has 0 amide bonds. The van der Waals surface area contributed by atoms with Gasteiger partial charge in [-0.15, -0.1) is 5.56 Å². The minimum absolute atomic E-state index is 0. The van der Waals surface area contributed by atoms with Gasteiger partial charge in [0.05, 0.1) is 0 Å². The van der Waals surface area contributed by atoms with Crippen LogP contribution in [0.1, 0.15) is 22.3 Å². The standard InChI is InChI=1S/C13H9.C7H9.C2H7Si.2ClH.Zr/c1-3-7-12-10(5-1)9-11-6-2-4-8-13(11)12;1-6-3-4-7(2)5-6;1-3-2;;;/h1-5,7-8H,9H2;3-5H,1-2H3;3H,1-2H3;2*1H;/q2*-1;;;;+4/p-2. The number of halogens is 2. The molecule has 0 atom stereocenters. The first kappa shape index (κ1) is 27.7. The molecule has 135 valence electrons. The van der Waals surface area contributed by atoms with Crippen LogP contribution in [0, 0.1) is 19.9 Å². The third-order valence-electron chi connectivity index (χ3n) is 3.68. The van der Waals surface area contributed by atoms with Crippen LogP contribution in [0.25, 0.3) is 11.1 Å². The first-order valence-electron chi connectivity index (χ1n) is 8.17. The zero-order valence-electron chi connectivity index (χ0n) is 15.8. The van der Waals surface area contributed by atoms with Gasteiger partial charge in [-0.3, -0.25) is 0 Å². The van der Waals surface area contributed by atoms with Crippen LogP contribution >= 0.6 is 0 Å². The quantitative estimate of drug-likeness (QED) is 0.238. The number of fused-ring (bicyclic) bond motifs is 3. The fourth-order valence-electron chi connectivity index (χ4n) is 2.72. The van der Waals surface area contributed by atoms with Crippen molar-refractivity contribution < 1.29 is 51.0 Å². The molecule has 4 heteroatoms. The summed E-state index contributed by atoms with van der Waals surface area (Å²) in [5, 5.41) is 0. The van der Waals surface area contributed by atoms with Crippen molar-refractivity contribution in [1.82, 2.24) is 0 Å². The maximum absolute atomic E-state index is 3.30. The minimum Gasteiger partial charge on any atom is -1.00 e. The Bertz CT molecular complexity index is 693. The zero-order valence-corrected chi connectivity index (χ0v) is 20.9. The fourth-order valence-corrected chi connectivity index (χ4v) is 2.72. The Balaban J connectivity index is 0. The van der Waals surface area contributed by atoms with Crippen LogP contribution in [-0.4, -0.2) is 9.52 Å². The average Bonchev–Trinajstić information content (AvgIpc) is 3.11. The van der Waals surface area contributed by atoms with Gasteiger partial charge in [-0.1, -0.05) is 62.3 Å². The summed E-state index contributed by atoms with van der Waals surface area (Å²) in [7, 11) is 0.750. The second-order valence-electron chi connectivity index (χ2n) is 5.94. The van der Waals surface area contributed by atoms with Crippen LogP contribution in [0.5, 0.6) is 0 Å². The smallest absolute Gasteiger partial charge is 1.00 e. The second kappa shape index (κ2) is 14.5. The molecule has 0 unspecified atom stereocenters. The Morgan fingerprint density at radius 2 is 1.58 bits per heavy atom. The third-order valence-corrected chi connectivity index (χ3v) is 3.68. The molecule has 0 bridgehead atoms. The van der Waals surface area contributed by atoms with Crippen LogP contribution in [0.15, 0.2) is 60.7 Å². The van der Waals surface area contributed by atoms with Crippen molar-refractivity contribution in [2.75, 3.05) is 0 Å². The van der Waals surface area contributed by atoms with Crippen LogP contribution in [0.4, 0.5) is 0 Å². The van der Waals surface area contributed by atoms with Gasteiger partial charge in [0, 0.05) is 9.52 Å². The van der Waals surface area contributed by atoms with Gasteiger partial charge >= 0.3 is 26.2 Å². The van der Waals surface area contributed by atoms with E-state index in [9.17, 15) is 0 Å². The second-order valence-corrected chi connectivity index (χ2v) is 7.09. The maximum Gasteiger partial charge on any atom is 4.00 e. The van der Waals surface area contributed by atoms with E-state index in [0.717, 1.165) is 15.9 Å². The van der Waals surface area contributed by atoms with Gasteiger partial charge in [0.2, 0.25) is 0 Å². The van der Waals surface area contributed by atoms with Crippen molar-refractivity contribution in [2.24, 2.45) is 0 Å². The van der Waals surface area contributed by atoms with Crippen molar-refractivity contribution >= 4 is 9.52 Å². The van der Waals surface area contributed by atoms with E-state index in [2.05, 4.69) is 87.6 Å². The molecule has 4 rings (SSSR count). The van der Waals surface area contributed by atoms with Crippen molar-refractivity contribution in [2.45, 2.75) is 33.4 Å². The Labute approximate surface area is 192 Å². The molecule has 1 aliphatic rings. The molecule has 0 aliphatic heterocycles. The molecule has 1 aliphatic carbocycles. The number of rotatable bonds is 0. The molecule has 0 saturated heterocycles. The van der Waals surface area contributed by atoms with E-state index in [1.165, 1.54) is 33.4 Å². The van der Waals surface area contributed by atoms with Crippen LogP contribution in [0.3, 0.4) is 0 Å². The summed E-state index contributed by atoms with van der Waals surface area (Å²) in [4.78, 5) is 0. The monoisotopic (exact) mass is 477 g/mol. The van der Waals surface area contributed by atoms with Crippen molar-refractivity contribution in [3.8, 4) is 11.1 Å². The van der Waals surface area contributed by atoms with E-state index < -0.39 is 0 Å². The minimum atomic E-state index is 0. The molecule has 0 aromatic heterocycles. The van der Waals surface area contributed by atoms with Crippen molar-refractivity contribution in [3.63, 3.8) is 0 Å². The van der Waals surface area contributed by atoms with Gasteiger partial charge in [-0.25, -0.2) is 11.6 Å². The fraction of sp³-hybridized carbons (Fsp3) is 0.227.